The summed E-state index contributed by atoms with van der Waals surface area (Å²) < 4.78 is 37.2. The van der Waals surface area contributed by atoms with Crippen LogP contribution in [-0.2, 0) is 6.18 Å². The van der Waals surface area contributed by atoms with E-state index < -0.39 is 11.7 Å². The summed E-state index contributed by atoms with van der Waals surface area (Å²) in [5.74, 6) is 0.121. The fraction of sp³-hybridized carbons (Fsp3) is 0.538. The molecule has 0 spiro atoms. The van der Waals surface area contributed by atoms with Gasteiger partial charge in [0.1, 0.15) is 0 Å². The van der Waals surface area contributed by atoms with Crippen LogP contribution in [-0.4, -0.2) is 0 Å². The lowest BCUT2D eigenvalue weighted by molar-refractivity contribution is -0.137. The maximum atomic E-state index is 12.4. The Morgan fingerprint density at radius 2 is 1.50 bits per heavy atom. The van der Waals surface area contributed by atoms with Crippen molar-refractivity contribution < 1.29 is 13.2 Å². The monoisotopic (exact) mass is 232 g/mol. The van der Waals surface area contributed by atoms with Crippen LogP contribution in [0.1, 0.15) is 50.3 Å². The minimum Gasteiger partial charge on any atom is -0.166 e. The van der Waals surface area contributed by atoms with E-state index in [1.54, 1.807) is 13.0 Å². The summed E-state index contributed by atoms with van der Waals surface area (Å²) >= 11 is 0. The largest absolute Gasteiger partial charge is 0.416 e. The van der Waals surface area contributed by atoms with Gasteiger partial charge in [0, 0.05) is 0 Å². The highest BCUT2D eigenvalue weighted by atomic mass is 19.4. The maximum absolute atomic E-state index is 12.4. The Balaban J connectivity index is 0.00000106. The lowest BCUT2D eigenvalue weighted by Gasteiger charge is -2.12. The molecule has 0 fully saturated rings. The molecule has 0 aliphatic carbocycles. The van der Waals surface area contributed by atoms with E-state index in [-0.39, 0.29) is 5.92 Å². The van der Waals surface area contributed by atoms with Crippen molar-refractivity contribution in [2.75, 3.05) is 0 Å². The van der Waals surface area contributed by atoms with Crippen LogP contribution in [0.5, 0.6) is 0 Å². The second-order valence-corrected chi connectivity index (χ2v) is 3.78. The normalized spacial score (nSPS) is 11.1. The molecule has 1 rings (SSSR count). The molecule has 3 heteroatoms. The van der Waals surface area contributed by atoms with Crippen molar-refractivity contribution in [3.05, 3.63) is 34.9 Å². The fourth-order valence-electron chi connectivity index (χ4n) is 1.31. The second kappa shape index (κ2) is 5.92. The molecule has 0 aliphatic heterocycles. The van der Waals surface area contributed by atoms with Crippen molar-refractivity contribution in [2.24, 2.45) is 0 Å². The number of benzene rings is 1. The molecule has 0 radical (unpaired) electrons. The molecule has 1 aromatic rings. The Morgan fingerprint density at radius 1 is 1.00 bits per heavy atom. The Hall–Kier alpha value is -0.990. The summed E-state index contributed by atoms with van der Waals surface area (Å²) in [7, 11) is 0. The van der Waals surface area contributed by atoms with E-state index in [1.807, 2.05) is 27.7 Å². The minimum atomic E-state index is -4.24. The summed E-state index contributed by atoms with van der Waals surface area (Å²) in [5, 5.41) is 0. The lowest BCUT2D eigenvalue weighted by Crippen LogP contribution is -2.06. The molecule has 0 aromatic heterocycles. The highest BCUT2D eigenvalue weighted by Crippen LogP contribution is 2.32. The first-order valence-corrected chi connectivity index (χ1v) is 5.49. The molecule has 0 aliphatic rings. The van der Waals surface area contributed by atoms with Gasteiger partial charge < -0.3 is 0 Å². The van der Waals surface area contributed by atoms with E-state index in [1.165, 1.54) is 12.1 Å². The summed E-state index contributed by atoms with van der Waals surface area (Å²) in [6, 6.07) is 4.18. The summed E-state index contributed by atoms with van der Waals surface area (Å²) in [4.78, 5) is 0. The van der Waals surface area contributed by atoms with E-state index >= 15 is 0 Å². The predicted octanol–water partition coefficient (Wildman–Crippen LogP) is 5.16. The van der Waals surface area contributed by atoms with E-state index in [0.29, 0.717) is 5.56 Å². The van der Waals surface area contributed by atoms with Crippen molar-refractivity contribution >= 4 is 0 Å². The molecule has 0 unspecified atom stereocenters. The molecule has 0 nitrogen and oxygen atoms in total. The quantitative estimate of drug-likeness (QED) is 0.627. The zero-order chi connectivity index (χ0) is 12.9. The van der Waals surface area contributed by atoms with Gasteiger partial charge in [-0.3, -0.25) is 0 Å². The number of alkyl halides is 3. The highest BCUT2D eigenvalue weighted by Gasteiger charge is 2.30. The molecule has 92 valence electrons. The summed E-state index contributed by atoms with van der Waals surface area (Å²) in [6.45, 7) is 9.45. The molecule has 0 amide bonds. The topological polar surface area (TPSA) is 0 Å². The first-order chi connectivity index (χ1) is 7.30. The van der Waals surface area contributed by atoms with Gasteiger partial charge in [-0.1, -0.05) is 39.3 Å². The zero-order valence-corrected chi connectivity index (χ0v) is 10.4. The average molecular weight is 232 g/mol. The van der Waals surface area contributed by atoms with Gasteiger partial charge in [-0.15, -0.1) is 0 Å². The van der Waals surface area contributed by atoms with Crippen LogP contribution in [0, 0.1) is 6.92 Å². The van der Waals surface area contributed by atoms with Gasteiger partial charge in [-0.25, -0.2) is 0 Å². The van der Waals surface area contributed by atoms with E-state index in [0.717, 1.165) is 5.56 Å². The number of hydrogen-bond donors (Lipinski definition) is 0. The van der Waals surface area contributed by atoms with Crippen LogP contribution in [0.15, 0.2) is 18.2 Å². The number of halogens is 3. The third kappa shape index (κ3) is 4.25. The first-order valence-electron chi connectivity index (χ1n) is 5.49. The van der Waals surface area contributed by atoms with E-state index in [2.05, 4.69) is 0 Å². The van der Waals surface area contributed by atoms with E-state index in [9.17, 15) is 13.2 Å². The zero-order valence-electron chi connectivity index (χ0n) is 10.4. The molecule has 0 heterocycles. The third-order valence-corrected chi connectivity index (χ3v) is 2.09. The molecule has 0 saturated heterocycles. The van der Waals surface area contributed by atoms with Crippen LogP contribution in [0.4, 0.5) is 13.2 Å². The number of aryl methyl sites for hydroxylation is 1. The van der Waals surface area contributed by atoms with Gasteiger partial charge in [-0.05, 0) is 30.5 Å². The molecule has 16 heavy (non-hydrogen) atoms. The molecule has 0 atom stereocenters. The van der Waals surface area contributed by atoms with Crippen molar-refractivity contribution in [2.45, 2.75) is 46.7 Å². The standard InChI is InChI=1S/C11H13F3.C2H6/c1-7(2)9-4-8(3)5-10(6-9)11(12,13)14;1-2/h4-7H,1-3H3;1-2H3. The van der Waals surface area contributed by atoms with Crippen LogP contribution in [0.2, 0.25) is 0 Å². The summed E-state index contributed by atoms with van der Waals surface area (Å²) in [6.07, 6.45) is -4.24. The molecular weight excluding hydrogens is 213 g/mol. The smallest absolute Gasteiger partial charge is 0.166 e. The Morgan fingerprint density at radius 3 is 1.88 bits per heavy atom. The van der Waals surface area contributed by atoms with Gasteiger partial charge >= 0.3 is 6.18 Å². The lowest BCUT2D eigenvalue weighted by atomic mass is 9.98. The third-order valence-electron chi connectivity index (χ3n) is 2.09. The van der Waals surface area contributed by atoms with Gasteiger partial charge in [0.05, 0.1) is 5.56 Å². The van der Waals surface area contributed by atoms with Gasteiger partial charge in [-0.2, -0.15) is 13.2 Å². The van der Waals surface area contributed by atoms with E-state index in [4.69, 9.17) is 0 Å². The van der Waals surface area contributed by atoms with Crippen molar-refractivity contribution in [3.63, 3.8) is 0 Å². The molecule has 0 bridgehead atoms. The first kappa shape index (κ1) is 15.0. The van der Waals surface area contributed by atoms with Crippen molar-refractivity contribution in [1.29, 1.82) is 0 Å². The fourth-order valence-corrected chi connectivity index (χ4v) is 1.31. The Bertz CT molecular complexity index is 324. The van der Waals surface area contributed by atoms with Crippen molar-refractivity contribution in [3.8, 4) is 0 Å². The second-order valence-electron chi connectivity index (χ2n) is 3.78. The minimum absolute atomic E-state index is 0.121. The molecule has 1 aromatic carbocycles. The van der Waals surface area contributed by atoms with Crippen LogP contribution < -0.4 is 0 Å². The van der Waals surface area contributed by atoms with Gasteiger partial charge in [0.25, 0.3) is 0 Å². The van der Waals surface area contributed by atoms with Crippen molar-refractivity contribution in [1.82, 2.24) is 0 Å². The molecule has 0 saturated carbocycles. The Labute approximate surface area is 95.5 Å². The highest BCUT2D eigenvalue weighted by molar-refractivity contribution is 5.32. The van der Waals surface area contributed by atoms with Gasteiger partial charge in [0.15, 0.2) is 0 Å². The predicted molar refractivity (Wildman–Crippen MR) is 61.6 cm³/mol. The van der Waals surface area contributed by atoms with Crippen LogP contribution in [0.25, 0.3) is 0 Å². The molecule has 0 N–H and O–H groups in total. The summed E-state index contributed by atoms with van der Waals surface area (Å²) in [5.41, 5.74) is 0.835. The SMILES string of the molecule is CC.Cc1cc(C(C)C)cc(C(F)(F)F)c1. The van der Waals surface area contributed by atoms with Crippen LogP contribution >= 0.6 is 0 Å². The number of rotatable bonds is 1. The van der Waals surface area contributed by atoms with Crippen LogP contribution in [0.3, 0.4) is 0 Å². The molecular formula is C13H19F3. The average Bonchev–Trinajstić information content (AvgIpc) is 2.18. The Kier molecular flexibility index (Phi) is 5.56. The maximum Gasteiger partial charge on any atom is 0.416 e. The van der Waals surface area contributed by atoms with Gasteiger partial charge in [0.2, 0.25) is 0 Å². The number of hydrogen-bond acceptors (Lipinski definition) is 0.